The second-order valence-corrected chi connectivity index (χ2v) is 5.89. The van der Waals surface area contributed by atoms with Crippen molar-refractivity contribution in [2.24, 2.45) is 0 Å². The fraction of sp³-hybridized carbons (Fsp3) is 0.278. The van der Waals surface area contributed by atoms with Crippen LogP contribution in [0.15, 0.2) is 40.8 Å². The molecule has 0 aliphatic carbocycles. The summed E-state index contributed by atoms with van der Waals surface area (Å²) >= 11 is 0. The molecule has 24 heavy (non-hydrogen) atoms. The Bertz CT molecular complexity index is 845. The quantitative estimate of drug-likeness (QED) is 0.689. The van der Waals surface area contributed by atoms with Crippen LogP contribution in [0, 0.1) is 11.6 Å². The maximum absolute atomic E-state index is 13.9. The molecule has 0 saturated carbocycles. The molecule has 2 aromatic carbocycles. The van der Waals surface area contributed by atoms with E-state index in [1.54, 1.807) is 6.07 Å². The molecule has 0 unspecified atom stereocenters. The first-order valence-corrected chi connectivity index (χ1v) is 7.78. The fourth-order valence-electron chi connectivity index (χ4n) is 2.45. The van der Waals surface area contributed by atoms with Gasteiger partial charge in [0, 0.05) is 12.2 Å². The summed E-state index contributed by atoms with van der Waals surface area (Å²) in [5, 5.41) is 3.32. The van der Waals surface area contributed by atoms with Crippen molar-refractivity contribution in [2.45, 2.75) is 6.42 Å². The molecule has 4 nitrogen and oxygen atoms in total. The monoisotopic (exact) mass is 331 g/mol. The van der Waals surface area contributed by atoms with Crippen LogP contribution < -0.4 is 5.32 Å². The molecule has 0 atom stereocenters. The Balaban J connectivity index is 1.80. The molecular formula is C18H19F2N3O. The number of oxazole rings is 1. The summed E-state index contributed by atoms with van der Waals surface area (Å²) in [5.74, 6) is -1.80. The summed E-state index contributed by atoms with van der Waals surface area (Å²) in [6.45, 7) is 1.84. The second-order valence-electron chi connectivity index (χ2n) is 5.89. The number of nitrogens with zero attached hydrogens (tertiary/aromatic N) is 2. The minimum Gasteiger partial charge on any atom is -0.436 e. The van der Waals surface area contributed by atoms with E-state index < -0.39 is 11.6 Å². The normalized spacial score (nSPS) is 11.4. The molecule has 0 radical (unpaired) electrons. The number of anilines is 1. The van der Waals surface area contributed by atoms with Crippen molar-refractivity contribution >= 4 is 16.8 Å². The van der Waals surface area contributed by atoms with Crippen molar-refractivity contribution in [3.05, 3.63) is 48.0 Å². The van der Waals surface area contributed by atoms with E-state index in [0.717, 1.165) is 31.3 Å². The molecule has 0 aliphatic rings. The maximum Gasteiger partial charge on any atom is 0.230 e. The zero-order valence-corrected chi connectivity index (χ0v) is 13.6. The van der Waals surface area contributed by atoms with Gasteiger partial charge in [0.05, 0.1) is 5.56 Å². The Morgan fingerprint density at radius 2 is 2.00 bits per heavy atom. The van der Waals surface area contributed by atoms with Crippen LogP contribution in [0.5, 0.6) is 0 Å². The predicted octanol–water partition coefficient (Wildman–Crippen LogP) is 4.14. The Morgan fingerprint density at radius 3 is 2.79 bits per heavy atom. The molecule has 3 aromatic rings. The number of rotatable bonds is 6. The third-order valence-electron chi connectivity index (χ3n) is 3.68. The maximum atomic E-state index is 13.9. The number of aromatic nitrogens is 1. The zero-order valence-electron chi connectivity index (χ0n) is 13.6. The molecule has 0 saturated heterocycles. The summed E-state index contributed by atoms with van der Waals surface area (Å²) in [5.41, 5.74) is 2.08. The molecule has 1 aromatic heterocycles. The highest BCUT2D eigenvalue weighted by molar-refractivity contribution is 5.80. The molecule has 3 rings (SSSR count). The SMILES string of the molecule is CN(C)CCCNc1ccc2oc(-c3cccc(F)c3F)nc2c1. The van der Waals surface area contributed by atoms with Crippen LogP contribution in [0.4, 0.5) is 14.5 Å². The smallest absolute Gasteiger partial charge is 0.230 e. The summed E-state index contributed by atoms with van der Waals surface area (Å²) < 4.78 is 32.8. The lowest BCUT2D eigenvalue weighted by Crippen LogP contribution is -2.16. The van der Waals surface area contributed by atoms with Gasteiger partial charge in [0.15, 0.2) is 17.2 Å². The molecule has 0 amide bonds. The van der Waals surface area contributed by atoms with Crippen molar-refractivity contribution in [3.8, 4) is 11.5 Å². The summed E-state index contributed by atoms with van der Waals surface area (Å²) in [4.78, 5) is 6.41. The standard InChI is InChI=1S/C18H19F2N3O/c1-23(2)10-4-9-21-12-7-8-16-15(11-12)22-18(24-16)13-5-3-6-14(19)17(13)20/h3,5-8,11,21H,4,9-10H2,1-2H3. The Hall–Kier alpha value is -2.47. The van der Waals surface area contributed by atoms with Gasteiger partial charge in [-0.2, -0.15) is 0 Å². The van der Waals surface area contributed by atoms with E-state index >= 15 is 0 Å². The van der Waals surface area contributed by atoms with E-state index in [9.17, 15) is 8.78 Å². The van der Waals surface area contributed by atoms with Crippen LogP contribution in [-0.2, 0) is 0 Å². The molecule has 1 heterocycles. The molecule has 1 N–H and O–H groups in total. The van der Waals surface area contributed by atoms with Crippen LogP contribution in [0.2, 0.25) is 0 Å². The number of benzene rings is 2. The van der Waals surface area contributed by atoms with E-state index in [-0.39, 0.29) is 11.5 Å². The third kappa shape index (κ3) is 3.54. The molecular weight excluding hydrogens is 312 g/mol. The van der Waals surface area contributed by atoms with Gasteiger partial charge in [-0.1, -0.05) is 6.07 Å². The third-order valence-corrected chi connectivity index (χ3v) is 3.68. The van der Waals surface area contributed by atoms with E-state index in [4.69, 9.17) is 4.42 Å². The van der Waals surface area contributed by atoms with Crippen molar-refractivity contribution < 1.29 is 13.2 Å². The number of hydrogen-bond acceptors (Lipinski definition) is 4. The Labute approximate surface area is 139 Å². The molecule has 126 valence electrons. The molecule has 0 aliphatic heterocycles. The Morgan fingerprint density at radius 1 is 1.17 bits per heavy atom. The number of fused-ring (bicyclic) bond motifs is 1. The van der Waals surface area contributed by atoms with Crippen LogP contribution >= 0.6 is 0 Å². The summed E-state index contributed by atoms with van der Waals surface area (Å²) in [6, 6.07) is 9.45. The van der Waals surface area contributed by atoms with Crippen molar-refractivity contribution in [2.75, 3.05) is 32.5 Å². The lowest BCUT2D eigenvalue weighted by Gasteiger charge is -2.10. The molecule has 6 heteroatoms. The van der Waals surface area contributed by atoms with Crippen molar-refractivity contribution in [1.82, 2.24) is 9.88 Å². The van der Waals surface area contributed by atoms with Gasteiger partial charge in [-0.15, -0.1) is 0 Å². The van der Waals surface area contributed by atoms with Gasteiger partial charge in [-0.3, -0.25) is 0 Å². The molecule has 0 spiro atoms. The summed E-state index contributed by atoms with van der Waals surface area (Å²) in [6.07, 6.45) is 1.02. The average Bonchev–Trinajstić information content (AvgIpc) is 2.97. The molecule has 0 fully saturated rings. The van der Waals surface area contributed by atoms with Gasteiger partial charge in [0.25, 0.3) is 0 Å². The number of hydrogen-bond donors (Lipinski definition) is 1. The van der Waals surface area contributed by atoms with Crippen LogP contribution in [-0.4, -0.2) is 37.1 Å². The van der Waals surface area contributed by atoms with Gasteiger partial charge in [0.2, 0.25) is 5.89 Å². The lowest BCUT2D eigenvalue weighted by molar-refractivity contribution is 0.405. The predicted molar refractivity (Wildman–Crippen MR) is 91.0 cm³/mol. The highest BCUT2D eigenvalue weighted by Crippen LogP contribution is 2.28. The highest BCUT2D eigenvalue weighted by Gasteiger charge is 2.15. The average molecular weight is 331 g/mol. The van der Waals surface area contributed by atoms with E-state index in [0.29, 0.717) is 11.1 Å². The van der Waals surface area contributed by atoms with Crippen molar-refractivity contribution in [3.63, 3.8) is 0 Å². The lowest BCUT2D eigenvalue weighted by atomic mass is 10.2. The summed E-state index contributed by atoms with van der Waals surface area (Å²) in [7, 11) is 4.07. The van der Waals surface area contributed by atoms with E-state index in [2.05, 4.69) is 15.2 Å². The van der Waals surface area contributed by atoms with E-state index in [1.165, 1.54) is 12.1 Å². The first-order chi connectivity index (χ1) is 11.5. The Kier molecular flexibility index (Phi) is 4.76. The zero-order chi connectivity index (χ0) is 17.1. The minimum atomic E-state index is -0.953. The largest absolute Gasteiger partial charge is 0.436 e. The topological polar surface area (TPSA) is 41.3 Å². The van der Waals surface area contributed by atoms with Crippen molar-refractivity contribution in [1.29, 1.82) is 0 Å². The van der Waals surface area contributed by atoms with Gasteiger partial charge in [0.1, 0.15) is 5.52 Å². The van der Waals surface area contributed by atoms with E-state index in [1.807, 2.05) is 26.2 Å². The fourth-order valence-corrected chi connectivity index (χ4v) is 2.45. The van der Waals surface area contributed by atoms with Gasteiger partial charge >= 0.3 is 0 Å². The number of halogens is 2. The van der Waals surface area contributed by atoms with Gasteiger partial charge in [-0.05, 0) is 57.4 Å². The second kappa shape index (κ2) is 6.97. The highest BCUT2D eigenvalue weighted by atomic mass is 19.2. The van der Waals surface area contributed by atoms with Gasteiger partial charge < -0.3 is 14.6 Å². The molecule has 0 bridgehead atoms. The first kappa shape index (κ1) is 16.4. The van der Waals surface area contributed by atoms with Gasteiger partial charge in [-0.25, -0.2) is 13.8 Å². The van der Waals surface area contributed by atoms with Crippen LogP contribution in [0.1, 0.15) is 6.42 Å². The first-order valence-electron chi connectivity index (χ1n) is 7.78. The minimum absolute atomic E-state index is 0.0201. The van der Waals surface area contributed by atoms with Crippen LogP contribution in [0.25, 0.3) is 22.6 Å². The van der Waals surface area contributed by atoms with Crippen LogP contribution in [0.3, 0.4) is 0 Å². The number of nitrogens with one attached hydrogen (secondary N) is 1.